The first-order valence-electron chi connectivity index (χ1n) is 14.8. The van der Waals surface area contributed by atoms with E-state index in [-0.39, 0.29) is 35.9 Å². The number of amides is 1. The molecule has 1 N–H and O–H groups in total. The predicted octanol–water partition coefficient (Wildman–Crippen LogP) is 6.09. The Hall–Kier alpha value is -2.98. The minimum atomic E-state index is -4.67. The van der Waals surface area contributed by atoms with Crippen LogP contribution in [0.2, 0.25) is 0 Å². The van der Waals surface area contributed by atoms with Crippen LogP contribution in [0.25, 0.3) is 0 Å². The number of carbonyl (C=O) groups excluding carboxylic acids is 2. The molecule has 0 spiro atoms. The maximum atomic E-state index is 13.8. The molecule has 4 atom stereocenters. The number of carbonyl (C=O) groups is 2. The zero-order valence-electron chi connectivity index (χ0n) is 24.0. The van der Waals surface area contributed by atoms with E-state index in [2.05, 4.69) is 23.2 Å². The largest absolute Gasteiger partial charge is 0.462 e. The summed E-state index contributed by atoms with van der Waals surface area (Å²) in [4.78, 5) is 28.0. The summed E-state index contributed by atoms with van der Waals surface area (Å²) in [5.74, 6) is -0.899. The van der Waals surface area contributed by atoms with Crippen LogP contribution in [0.5, 0.6) is 0 Å². The van der Waals surface area contributed by atoms with Crippen molar-refractivity contribution >= 4 is 11.9 Å². The average molecular weight is 591 g/mol. The number of rotatable bonds is 8. The van der Waals surface area contributed by atoms with E-state index >= 15 is 0 Å². The van der Waals surface area contributed by atoms with Crippen LogP contribution in [0.3, 0.4) is 0 Å². The highest BCUT2D eigenvalue weighted by Crippen LogP contribution is 2.47. The van der Waals surface area contributed by atoms with Gasteiger partial charge in [-0.25, -0.2) is 9.18 Å². The Balaban J connectivity index is 1.18. The maximum Gasteiger partial charge on any atom is 0.416 e. The number of nitrogens with one attached hydrogen (secondary N) is 1. The van der Waals surface area contributed by atoms with Gasteiger partial charge in [-0.05, 0) is 105 Å². The summed E-state index contributed by atoms with van der Waals surface area (Å²) >= 11 is 0. The summed E-state index contributed by atoms with van der Waals surface area (Å²) in [7, 11) is 0. The highest BCUT2D eigenvalue weighted by atomic mass is 19.4. The van der Waals surface area contributed by atoms with Crippen LogP contribution < -0.4 is 5.32 Å². The van der Waals surface area contributed by atoms with Gasteiger partial charge in [-0.1, -0.05) is 19.1 Å². The zero-order chi connectivity index (χ0) is 30.1. The lowest BCUT2D eigenvalue weighted by molar-refractivity contribution is -0.166. The summed E-state index contributed by atoms with van der Waals surface area (Å²) in [6.07, 6.45) is -0.700. The maximum absolute atomic E-state index is 13.8. The highest BCUT2D eigenvalue weighted by molar-refractivity contribution is 5.89. The second kappa shape index (κ2) is 12.3. The number of hydrogen-bond donors (Lipinski definition) is 1. The van der Waals surface area contributed by atoms with Gasteiger partial charge in [0.05, 0.1) is 24.3 Å². The normalized spacial score (nSPS) is 27.0. The Kier molecular flexibility index (Phi) is 8.94. The van der Waals surface area contributed by atoms with Crippen LogP contribution in [0.4, 0.5) is 17.6 Å². The van der Waals surface area contributed by atoms with Gasteiger partial charge in [0.2, 0.25) is 0 Å². The van der Waals surface area contributed by atoms with Gasteiger partial charge in [0.25, 0.3) is 5.91 Å². The standard InChI is InChI=1S/C32H38F4N2O4/c1-3-41-29(39)23-6-4-5-22(15-23)28-10-12-38(18-20(28)2)27-9-11-31(42-19-27,24-7-8-24)30(40)37-17-21-13-25(32(34,35)36)16-26(33)14-21/h4-6,13-16,20,24,27-28H,3,7-12,17-19H2,1-2H3,(H,37,40)/t20-,27-,28-,31+/m1/s1. The molecule has 228 valence electrons. The van der Waals surface area contributed by atoms with Gasteiger partial charge in [-0.15, -0.1) is 0 Å². The van der Waals surface area contributed by atoms with Gasteiger partial charge in [0.1, 0.15) is 11.4 Å². The first-order chi connectivity index (χ1) is 20.0. The fourth-order valence-corrected chi connectivity index (χ4v) is 6.67. The monoisotopic (exact) mass is 590 g/mol. The third-order valence-electron chi connectivity index (χ3n) is 9.02. The minimum Gasteiger partial charge on any atom is -0.462 e. The van der Waals surface area contributed by atoms with E-state index in [1.807, 2.05) is 12.1 Å². The highest BCUT2D eigenvalue weighted by Gasteiger charge is 2.54. The van der Waals surface area contributed by atoms with E-state index in [1.54, 1.807) is 13.0 Å². The lowest BCUT2D eigenvalue weighted by Crippen LogP contribution is -2.57. The van der Waals surface area contributed by atoms with Gasteiger partial charge in [-0.3, -0.25) is 9.69 Å². The molecule has 0 bridgehead atoms. The number of nitrogens with zero attached hydrogens (tertiary/aromatic N) is 1. The molecule has 2 aromatic carbocycles. The Morgan fingerprint density at radius 3 is 2.55 bits per heavy atom. The molecule has 42 heavy (non-hydrogen) atoms. The fourth-order valence-electron chi connectivity index (χ4n) is 6.67. The molecule has 6 nitrogen and oxygen atoms in total. The molecule has 1 aliphatic carbocycles. The van der Waals surface area contributed by atoms with E-state index < -0.39 is 23.2 Å². The van der Waals surface area contributed by atoms with E-state index in [1.165, 1.54) is 0 Å². The molecule has 10 heteroatoms. The van der Waals surface area contributed by atoms with Crippen molar-refractivity contribution in [3.05, 3.63) is 70.5 Å². The first kappa shape index (κ1) is 30.5. The molecule has 2 aliphatic heterocycles. The van der Waals surface area contributed by atoms with Crippen LogP contribution in [0.1, 0.15) is 78.9 Å². The molecule has 0 unspecified atom stereocenters. The van der Waals surface area contributed by atoms with Gasteiger partial charge in [-0.2, -0.15) is 13.2 Å². The number of halogens is 4. The van der Waals surface area contributed by atoms with Crippen LogP contribution in [-0.2, 0) is 27.0 Å². The summed E-state index contributed by atoms with van der Waals surface area (Å²) in [5, 5.41) is 2.74. The molecule has 0 aromatic heterocycles. The lowest BCUT2D eigenvalue weighted by atomic mass is 9.79. The van der Waals surface area contributed by atoms with Crippen molar-refractivity contribution < 1.29 is 36.6 Å². The summed E-state index contributed by atoms with van der Waals surface area (Å²) in [6.45, 7) is 6.28. The van der Waals surface area contributed by atoms with Crippen molar-refractivity contribution in [1.29, 1.82) is 0 Å². The average Bonchev–Trinajstić information content (AvgIpc) is 3.82. The summed E-state index contributed by atoms with van der Waals surface area (Å²) in [5.41, 5.74) is -0.325. The predicted molar refractivity (Wildman–Crippen MR) is 148 cm³/mol. The van der Waals surface area contributed by atoms with Crippen molar-refractivity contribution in [2.24, 2.45) is 11.8 Å². The summed E-state index contributed by atoms with van der Waals surface area (Å²) in [6, 6.07) is 10.2. The topological polar surface area (TPSA) is 67.9 Å². The van der Waals surface area contributed by atoms with Crippen molar-refractivity contribution in [1.82, 2.24) is 10.2 Å². The molecule has 5 rings (SSSR count). The zero-order valence-corrected chi connectivity index (χ0v) is 24.0. The minimum absolute atomic E-state index is 0.0555. The molecule has 0 radical (unpaired) electrons. The van der Waals surface area contributed by atoms with E-state index in [0.29, 0.717) is 43.1 Å². The molecular weight excluding hydrogens is 552 g/mol. The summed E-state index contributed by atoms with van der Waals surface area (Å²) < 4.78 is 64.7. The number of ether oxygens (including phenoxy) is 2. The molecule has 1 amide bonds. The molecule has 2 saturated heterocycles. The number of likely N-dealkylation sites (tertiary alicyclic amines) is 1. The number of benzene rings is 2. The lowest BCUT2D eigenvalue weighted by Gasteiger charge is -2.46. The van der Waals surface area contributed by atoms with Crippen LogP contribution >= 0.6 is 0 Å². The van der Waals surface area contributed by atoms with Crippen LogP contribution in [0.15, 0.2) is 42.5 Å². The SMILES string of the molecule is CCOC(=O)c1cccc([C@@H]2CCN([C@@H]3CC[C@@](C(=O)NCc4cc(F)cc(C(F)(F)F)c4)(C4CC4)OC3)C[C@H]2C)c1. The number of piperidine rings is 1. The molecule has 1 saturated carbocycles. The van der Waals surface area contributed by atoms with Gasteiger partial charge >= 0.3 is 12.1 Å². The third kappa shape index (κ3) is 6.64. The molecule has 2 aromatic rings. The Bertz CT molecular complexity index is 1290. The van der Waals surface area contributed by atoms with E-state index in [0.717, 1.165) is 56.5 Å². The van der Waals surface area contributed by atoms with Crippen molar-refractivity contribution in [2.75, 3.05) is 26.3 Å². The van der Waals surface area contributed by atoms with Gasteiger partial charge < -0.3 is 14.8 Å². The second-order valence-electron chi connectivity index (χ2n) is 11.9. The Morgan fingerprint density at radius 2 is 1.90 bits per heavy atom. The first-order valence-corrected chi connectivity index (χ1v) is 14.8. The molecule has 3 fully saturated rings. The van der Waals surface area contributed by atoms with Crippen molar-refractivity contribution in [3.8, 4) is 0 Å². The van der Waals surface area contributed by atoms with Crippen molar-refractivity contribution in [2.45, 2.75) is 76.2 Å². The van der Waals surface area contributed by atoms with E-state index in [9.17, 15) is 27.2 Å². The van der Waals surface area contributed by atoms with Crippen LogP contribution in [-0.4, -0.2) is 54.7 Å². The fraction of sp³-hybridized carbons (Fsp3) is 0.562. The van der Waals surface area contributed by atoms with Crippen molar-refractivity contribution in [3.63, 3.8) is 0 Å². The number of alkyl halides is 3. The number of hydrogen-bond acceptors (Lipinski definition) is 5. The van der Waals surface area contributed by atoms with E-state index in [4.69, 9.17) is 9.47 Å². The van der Waals surface area contributed by atoms with Gasteiger partial charge in [0, 0.05) is 19.1 Å². The smallest absolute Gasteiger partial charge is 0.416 e. The Morgan fingerprint density at radius 1 is 1.12 bits per heavy atom. The third-order valence-corrected chi connectivity index (χ3v) is 9.02. The van der Waals surface area contributed by atoms with Gasteiger partial charge in [0.15, 0.2) is 0 Å². The second-order valence-corrected chi connectivity index (χ2v) is 11.9. The van der Waals surface area contributed by atoms with Crippen LogP contribution in [0, 0.1) is 17.7 Å². The molecular formula is C32H38F4N2O4. The molecule has 3 aliphatic rings. The number of esters is 1. The Labute approximate surface area is 243 Å². The molecule has 2 heterocycles. The quantitative estimate of drug-likeness (QED) is 0.298.